The van der Waals surface area contributed by atoms with Gasteiger partial charge in [0.25, 0.3) is 0 Å². The third-order valence-electron chi connectivity index (χ3n) is 4.68. The van der Waals surface area contributed by atoms with E-state index in [1.54, 1.807) is 0 Å². The van der Waals surface area contributed by atoms with Gasteiger partial charge in [0, 0.05) is 18.7 Å². The molecule has 1 atom stereocenters. The molecule has 3 heteroatoms. The molecule has 2 aliphatic rings. The van der Waals surface area contributed by atoms with Crippen molar-refractivity contribution in [3.8, 4) is 5.75 Å². The molecule has 1 aliphatic heterocycles. The predicted molar refractivity (Wildman–Crippen MR) is 85.1 cm³/mol. The molecule has 1 unspecified atom stereocenters. The molecule has 0 saturated heterocycles. The van der Waals surface area contributed by atoms with Crippen molar-refractivity contribution in [2.45, 2.75) is 32.5 Å². The fourth-order valence-electron chi connectivity index (χ4n) is 3.57. The molecule has 0 radical (unpaired) electrons. The minimum absolute atomic E-state index is 0.0284. The highest BCUT2D eigenvalue weighted by molar-refractivity contribution is 6.04. The molecule has 1 aliphatic carbocycles. The van der Waals surface area contributed by atoms with Crippen LogP contribution in [0.5, 0.6) is 5.75 Å². The van der Waals surface area contributed by atoms with Crippen molar-refractivity contribution in [1.82, 2.24) is 4.90 Å². The summed E-state index contributed by atoms with van der Waals surface area (Å²) < 4.78 is 5.53. The minimum Gasteiger partial charge on any atom is -0.494 e. The Morgan fingerprint density at radius 2 is 1.82 bits per heavy atom. The Kier molecular flexibility index (Phi) is 3.23. The molecule has 0 bridgehead atoms. The first kappa shape index (κ1) is 13.5. The smallest absolute Gasteiger partial charge is 0.180 e. The molecule has 0 fully saturated rings. The van der Waals surface area contributed by atoms with Crippen LogP contribution in [0.25, 0.3) is 0 Å². The monoisotopic (exact) mass is 293 g/mol. The van der Waals surface area contributed by atoms with Gasteiger partial charge in [-0.05, 0) is 42.2 Å². The number of carbonyl (C=O) groups excluding carboxylic acids is 1. The highest BCUT2D eigenvalue weighted by Crippen LogP contribution is 2.33. The van der Waals surface area contributed by atoms with E-state index in [-0.39, 0.29) is 11.8 Å². The highest BCUT2D eigenvalue weighted by Gasteiger charge is 2.37. The van der Waals surface area contributed by atoms with E-state index in [9.17, 15) is 4.79 Å². The maximum Gasteiger partial charge on any atom is 0.180 e. The van der Waals surface area contributed by atoms with Gasteiger partial charge in [-0.2, -0.15) is 0 Å². The average Bonchev–Trinajstić information content (AvgIpc) is 3.09. The zero-order valence-corrected chi connectivity index (χ0v) is 12.7. The van der Waals surface area contributed by atoms with Crippen LogP contribution in [0.2, 0.25) is 0 Å². The summed E-state index contributed by atoms with van der Waals surface area (Å²) >= 11 is 0. The number of Topliss-reactive ketones (excluding diaryl/α,β-unsaturated/α-hetero) is 1. The molecule has 2 aromatic rings. The molecular weight excluding hydrogens is 274 g/mol. The SMILES string of the molecule is CCOc1ccc2c(c1)C(=O)C(N1Cc3ccccc3C1)C2. The van der Waals surface area contributed by atoms with Gasteiger partial charge in [0.1, 0.15) is 5.75 Å². The van der Waals surface area contributed by atoms with E-state index in [2.05, 4.69) is 29.2 Å². The van der Waals surface area contributed by atoms with Gasteiger partial charge in [-0.15, -0.1) is 0 Å². The van der Waals surface area contributed by atoms with Crippen LogP contribution in [0.15, 0.2) is 42.5 Å². The van der Waals surface area contributed by atoms with Crippen LogP contribution in [0.1, 0.15) is 34.0 Å². The lowest BCUT2D eigenvalue weighted by molar-refractivity contribution is 0.0839. The second-order valence-electron chi connectivity index (χ2n) is 6.01. The van der Waals surface area contributed by atoms with Gasteiger partial charge in [0.2, 0.25) is 0 Å². The van der Waals surface area contributed by atoms with E-state index in [0.29, 0.717) is 6.61 Å². The lowest BCUT2D eigenvalue weighted by atomic mass is 10.1. The molecule has 3 nitrogen and oxygen atoms in total. The number of rotatable bonds is 3. The number of hydrogen-bond donors (Lipinski definition) is 0. The quantitative estimate of drug-likeness (QED) is 0.870. The van der Waals surface area contributed by atoms with Crippen LogP contribution in [-0.2, 0) is 19.5 Å². The molecule has 0 N–H and O–H groups in total. The number of fused-ring (bicyclic) bond motifs is 2. The third-order valence-corrected chi connectivity index (χ3v) is 4.68. The summed E-state index contributed by atoms with van der Waals surface area (Å²) in [5, 5.41) is 0. The van der Waals surface area contributed by atoms with Gasteiger partial charge in [-0.3, -0.25) is 9.69 Å². The van der Waals surface area contributed by atoms with Crippen LogP contribution in [-0.4, -0.2) is 23.3 Å². The van der Waals surface area contributed by atoms with Crippen LogP contribution in [0.4, 0.5) is 0 Å². The predicted octanol–water partition coefficient (Wildman–Crippen LogP) is 3.21. The maximum atomic E-state index is 12.8. The zero-order chi connectivity index (χ0) is 15.1. The van der Waals surface area contributed by atoms with Crippen molar-refractivity contribution in [3.05, 3.63) is 64.7 Å². The second kappa shape index (κ2) is 5.25. The first-order valence-electron chi connectivity index (χ1n) is 7.87. The van der Waals surface area contributed by atoms with Gasteiger partial charge < -0.3 is 4.74 Å². The van der Waals surface area contributed by atoms with E-state index in [4.69, 9.17) is 4.74 Å². The van der Waals surface area contributed by atoms with E-state index in [1.807, 2.05) is 25.1 Å². The summed E-state index contributed by atoms with van der Waals surface area (Å²) in [6, 6.07) is 14.4. The van der Waals surface area contributed by atoms with E-state index < -0.39 is 0 Å². The average molecular weight is 293 g/mol. The molecule has 112 valence electrons. The van der Waals surface area contributed by atoms with Gasteiger partial charge in [0.15, 0.2) is 5.78 Å². The largest absolute Gasteiger partial charge is 0.494 e. The van der Waals surface area contributed by atoms with Crippen molar-refractivity contribution in [1.29, 1.82) is 0 Å². The lowest BCUT2D eigenvalue weighted by Gasteiger charge is -2.21. The number of ketones is 1. The molecule has 1 heterocycles. The van der Waals surface area contributed by atoms with Gasteiger partial charge >= 0.3 is 0 Å². The summed E-state index contributed by atoms with van der Waals surface area (Å²) in [4.78, 5) is 15.1. The van der Waals surface area contributed by atoms with E-state index in [0.717, 1.165) is 36.4 Å². The first-order valence-corrected chi connectivity index (χ1v) is 7.87. The Labute approximate surface area is 130 Å². The van der Waals surface area contributed by atoms with E-state index >= 15 is 0 Å². The van der Waals surface area contributed by atoms with Crippen molar-refractivity contribution in [2.24, 2.45) is 0 Å². The third kappa shape index (κ3) is 2.13. The van der Waals surface area contributed by atoms with Crippen molar-refractivity contribution >= 4 is 5.78 Å². The van der Waals surface area contributed by atoms with Crippen molar-refractivity contribution in [2.75, 3.05) is 6.61 Å². The Bertz CT molecular complexity index is 713. The molecular formula is C19H19NO2. The number of carbonyl (C=O) groups is 1. The summed E-state index contributed by atoms with van der Waals surface area (Å²) in [5.74, 6) is 1.03. The first-order chi connectivity index (χ1) is 10.8. The topological polar surface area (TPSA) is 29.5 Å². The summed E-state index contributed by atoms with van der Waals surface area (Å²) in [6.45, 7) is 4.33. The van der Waals surface area contributed by atoms with Crippen LogP contribution >= 0.6 is 0 Å². The van der Waals surface area contributed by atoms with E-state index in [1.165, 1.54) is 11.1 Å². The summed E-state index contributed by atoms with van der Waals surface area (Å²) in [7, 11) is 0. The van der Waals surface area contributed by atoms with Gasteiger partial charge in [0.05, 0.1) is 12.6 Å². The number of benzene rings is 2. The molecule has 0 spiro atoms. The summed E-state index contributed by atoms with van der Waals surface area (Å²) in [5.41, 5.74) is 4.68. The van der Waals surface area contributed by atoms with Gasteiger partial charge in [-0.25, -0.2) is 0 Å². The number of hydrogen-bond acceptors (Lipinski definition) is 3. The Morgan fingerprint density at radius 3 is 2.50 bits per heavy atom. The fraction of sp³-hybridized carbons (Fsp3) is 0.316. The standard InChI is InChI=1S/C19H19NO2/c1-2-22-16-8-7-13-9-18(19(21)17(13)10-16)20-11-14-5-3-4-6-15(14)12-20/h3-8,10,18H,2,9,11-12H2,1H3. The van der Waals surface area contributed by atoms with Crippen molar-refractivity contribution < 1.29 is 9.53 Å². The van der Waals surface area contributed by atoms with Crippen LogP contribution in [0.3, 0.4) is 0 Å². The minimum atomic E-state index is -0.0284. The normalized spacial score (nSPS) is 20.0. The Morgan fingerprint density at radius 1 is 1.09 bits per heavy atom. The molecule has 0 saturated carbocycles. The number of nitrogens with zero attached hydrogens (tertiary/aromatic N) is 1. The van der Waals surface area contributed by atoms with Gasteiger partial charge in [-0.1, -0.05) is 30.3 Å². The second-order valence-corrected chi connectivity index (χ2v) is 6.01. The zero-order valence-electron chi connectivity index (χ0n) is 12.7. The molecule has 4 rings (SSSR count). The summed E-state index contributed by atoms with van der Waals surface area (Å²) in [6.07, 6.45) is 0.814. The molecule has 22 heavy (non-hydrogen) atoms. The van der Waals surface area contributed by atoms with Crippen molar-refractivity contribution in [3.63, 3.8) is 0 Å². The molecule has 0 amide bonds. The molecule has 0 aromatic heterocycles. The fourth-order valence-corrected chi connectivity index (χ4v) is 3.57. The Hall–Kier alpha value is -2.13. The van der Waals surface area contributed by atoms with Crippen LogP contribution < -0.4 is 4.74 Å². The highest BCUT2D eigenvalue weighted by atomic mass is 16.5. The number of ether oxygens (including phenoxy) is 1. The maximum absolute atomic E-state index is 12.8. The molecule has 2 aromatic carbocycles. The Balaban J connectivity index is 1.58. The lowest BCUT2D eigenvalue weighted by Crippen LogP contribution is -2.35. The van der Waals surface area contributed by atoms with Crippen LogP contribution in [0, 0.1) is 0 Å².